The fourth-order valence-electron chi connectivity index (χ4n) is 2.51. The highest BCUT2D eigenvalue weighted by Crippen LogP contribution is 2.21. The van der Waals surface area contributed by atoms with E-state index in [1.807, 2.05) is 38.1 Å². The van der Waals surface area contributed by atoms with Gasteiger partial charge in [0.15, 0.2) is 0 Å². The van der Waals surface area contributed by atoms with Gasteiger partial charge in [-0.1, -0.05) is 19.1 Å². The topological polar surface area (TPSA) is 58.6 Å². The summed E-state index contributed by atoms with van der Waals surface area (Å²) in [6, 6.07) is 7.79. The molecule has 1 aliphatic heterocycles. The molecule has 2 rings (SSSR count). The second-order valence-electron chi connectivity index (χ2n) is 5.84. The number of hydrogen-bond donors (Lipinski definition) is 1. The van der Waals surface area contributed by atoms with Crippen molar-refractivity contribution in [2.45, 2.75) is 39.3 Å². The van der Waals surface area contributed by atoms with Crippen LogP contribution in [0.15, 0.2) is 24.3 Å². The lowest BCUT2D eigenvalue weighted by molar-refractivity contribution is -0.129. The van der Waals surface area contributed by atoms with E-state index < -0.39 is 0 Å². The van der Waals surface area contributed by atoms with Gasteiger partial charge in [0.05, 0.1) is 13.0 Å². The van der Waals surface area contributed by atoms with Crippen molar-refractivity contribution in [1.29, 1.82) is 0 Å². The smallest absolute Gasteiger partial charge is 0.225 e. The Morgan fingerprint density at radius 2 is 2.09 bits per heavy atom. The maximum absolute atomic E-state index is 12.1. The second kappa shape index (κ2) is 7.29. The minimum absolute atomic E-state index is 0.0140. The SMILES string of the molecule is CCC(C)NC(=O)C1CC(=O)N(Cc2ccc(OC)cc2)C1. The number of ether oxygens (including phenoxy) is 1. The quantitative estimate of drug-likeness (QED) is 0.874. The molecule has 2 unspecified atom stereocenters. The fourth-order valence-corrected chi connectivity index (χ4v) is 2.51. The Hall–Kier alpha value is -2.04. The van der Waals surface area contributed by atoms with E-state index in [1.165, 1.54) is 0 Å². The fraction of sp³-hybridized carbons (Fsp3) is 0.529. The number of carbonyl (C=O) groups excluding carboxylic acids is 2. The van der Waals surface area contributed by atoms with Gasteiger partial charge in [-0.2, -0.15) is 0 Å². The molecule has 1 aromatic carbocycles. The maximum atomic E-state index is 12.1. The van der Waals surface area contributed by atoms with Crippen LogP contribution in [0, 0.1) is 5.92 Å². The molecule has 0 saturated carbocycles. The first-order valence-electron chi connectivity index (χ1n) is 7.74. The van der Waals surface area contributed by atoms with Crippen LogP contribution in [0.3, 0.4) is 0 Å². The normalized spacial score (nSPS) is 19.1. The number of benzene rings is 1. The summed E-state index contributed by atoms with van der Waals surface area (Å²) in [6.07, 6.45) is 1.19. The molecule has 0 aliphatic carbocycles. The van der Waals surface area contributed by atoms with Gasteiger partial charge < -0.3 is 15.0 Å². The van der Waals surface area contributed by atoms with Crippen LogP contribution < -0.4 is 10.1 Å². The third kappa shape index (κ3) is 4.00. The largest absolute Gasteiger partial charge is 0.497 e. The summed E-state index contributed by atoms with van der Waals surface area (Å²) in [5.74, 6) is 0.585. The van der Waals surface area contributed by atoms with Crippen molar-refractivity contribution < 1.29 is 14.3 Å². The molecule has 0 bridgehead atoms. The Morgan fingerprint density at radius 3 is 2.68 bits per heavy atom. The van der Waals surface area contributed by atoms with Crippen LogP contribution in [0.4, 0.5) is 0 Å². The number of hydrogen-bond acceptors (Lipinski definition) is 3. The van der Waals surface area contributed by atoms with Crippen molar-refractivity contribution in [3.05, 3.63) is 29.8 Å². The first-order chi connectivity index (χ1) is 10.5. The molecule has 1 N–H and O–H groups in total. The third-order valence-corrected chi connectivity index (χ3v) is 4.12. The Labute approximate surface area is 131 Å². The van der Waals surface area contributed by atoms with E-state index in [1.54, 1.807) is 12.0 Å². The average molecular weight is 304 g/mol. The van der Waals surface area contributed by atoms with Gasteiger partial charge in [0, 0.05) is 25.6 Å². The van der Waals surface area contributed by atoms with E-state index in [0.717, 1.165) is 17.7 Å². The number of nitrogens with zero attached hydrogens (tertiary/aromatic N) is 1. The van der Waals surface area contributed by atoms with E-state index in [9.17, 15) is 9.59 Å². The second-order valence-corrected chi connectivity index (χ2v) is 5.84. The predicted octanol–water partition coefficient (Wildman–Crippen LogP) is 1.96. The van der Waals surface area contributed by atoms with Gasteiger partial charge in [0.25, 0.3) is 0 Å². The molecule has 22 heavy (non-hydrogen) atoms. The lowest BCUT2D eigenvalue weighted by atomic mass is 10.1. The summed E-state index contributed by atoms with van der Waals surface area (Å²) in [7, 11) is 1.62. The molecule has 1 heterocycles. The van der Waals surface area contributed by atoms with Crippen molar-refractivity contribution in [2.24, 2.45) is 5.92 Å². The van der Waals surface area contributed by atoms with Crippen molar-refractivity contribution in [3.63, 3.8) is 0 Å². The molecule has 2 amide bonds. The van der Waals surface area contributed by atoms with Gasteiger partial charge in [0.2, 0.25) is 11.8 Å². The number of likely N-dealkylation sites (tertiary alicyclic amines) is 1. The van der Waals surface area contributed by atoms with Crippen molar-refractivity contribution in [3.8, 4) is 5.75 Å². The lowest BCUT2D eigenvalue weighted by Crippen LogP contribution is -2.38. The molecule has 1 saturated heterocycles. The summed E-state index contributed by atoms with van der Waals surface area (Å²) in [5.41, 5.74) is 1.04. The molecule has 0 aromatic heterocycles. The molecule has 2 atom stereocenters. The molecule has 120 valence electrons. The van der Waals surface area contributed by atoms with Crippen molar-refractivity contribution in [2.75, 3.05) is 13.7 Å². The number of methoxy groups -OCH3 is 1. The van der Waals surface area contributed by atoms with E-state index in [-0.39, 0.29) is 23.8 Å². The van der Waals surface area contributed by atoms with Crippen LogP contribution >= 0.6 is 0 Å². The minimum Gasteiger partial charge on any atom is -0.497 e. The summed E-state index contributed by atoms with van der Waals surface area (Å²) in [6.45, 7) is 5.04. The molecule has 0 spiro atoms. The van der Waals surface area contributed by atoms with Gasteiger partial charge in [-0.25, -0.2) is 0 Å². The molecular weight excluding hydrogens is 280 g/mol. The Bertz CT molecular complexity index is 527. The van der Waals surface area contributed by atoms with E-state index >= 15 is 0 Å². The van der Waals surface area contributed by atoms with Crippen LogP contribution in [0.25, 0.3) is 0 Å². The standard InChI is InChI=1S/C17H24N2O3/c1-4-12(2)18-17(21)14-9-16(20)19(11-14)10-13-5-7-15(22-3)8-6-13/h5-8,12,14H,4,9-11H2,1-3H3,(H,18,21). The summed E-state index contributed by atoms with van der Waals surface area (Å²) < 4.78 is 5.12. The predicted molar refractivity (Wildman–Crippen MR) is 84.4 cm³/mol. The molecule has 0 radical (unpaired) electrons. The summed E-state index contributed by atoms with van der Waals surface area (Å²) >= 11 is 0. The molecular formula is C17H24N2O3. The first kappa shape index (κ1) is 16.3. The Morgan fingerprint density at radius 1 is 1.41 bits per heavy atom. The van der Waals surface area contributed by atoms with Crippen LogP contribution in [0.2, 0.25) is 0 Å². The highest BCUT2D eigenvalue weighted by molar-refractivity contribution is 5.89. The summed E-state index contributed by atoms with van der Waals surface area (Å²) in [5, 5.41) is 2.96. The van der Waals surface area contributed by atoms with Gasteiger partial charge in [-0.3, -0.25) is 9.59 Å². The zero-order chi connectivity index (χ0) is 16.1. The van der Waals surface area contributed by atoms with Crippen LogP contribution in [-0.2, 0) is 16.1 Å². The Balaban J connectivity index is 1.93. The third-order valence-electron chi connectivity index (χ3n) is 4.12. The van der Waals surface area contributed by atoms with Gasteiger partial charge in [-0.15, -0.1) is 0 Å². The zero-order valence-corrected chi connectivity index (χ0v) is 13.5. The van der Waals surface area contributed by atoms with Crippen molar-refractivity contribution in [1.82, 2.24) is 10.2 Å². The number of rotatable bonds is 6. The van der Waals surface area contributed by atoms with Gasteiger partial charge in [0.1, 0.15) is 5.75 Å². The van der Waals surface area contributed by atoms with Gasteiger partial charge >= 0.3 is 0 Å². The highest BCUT2D eigenvalue weighted by atomic mass is 16.5. The molecule has 1 aromatic rings. The van der Waals surface area contributed by atoms with Crippen LogP contribution in [0.1, 0.15) is 32.3 Å². The average Bonchev–Trinajstić information content (AvgIpc) is 2.89. The Kier molecular flexibility index (Phi) is 5.41. The highest BCUT2D eigenvalue weighted by Gasteiger charge is 2.34. The van der Waals surface area contributed by atoms with E-state index in [0.29, 0.717) is 19.5 Å². The number of nitrogens with one attached hydrogen (secondary N) is 1. The van der Waals surface area contributed by atoms with Gasteiger partial charge in [-0.05, 0) is 31.0 Å². The molecule has 5 nitrogen and oxygen atoms in total. The zero-order valence-electron chi connectivity index (χ0n) is 13.5. The lowest BCUT2D eigenvalue weighted by Gasteiger charge is -2.18. The van der Waals surface area contributed by atoms with E-state index in [4.69, 9.17) is 4.74 Å². The minimum atomic E-state index is -0.236. The number of amides is 2. The first-order valence-corrected chi connectivity index (χ1v) is 7.74. The maximum Gasteiger partial charge on any atom is 0.225 e. The van der Waals surface area contributed by atoms with E-state index in [2.05, 4.69) is 5.32 Å². The van der Waals surface area contributed by atoms with Crippen LogP contribution in [0.5, 0.6) is 5.75 Å². The van der Waals surface area contributed by atoms with Crippen LogP contribution in [-0.4, -0.2) is 36.4 Å². The summed E-state index contributed by atoms with van der Waals surface area (Å²) in [4.78, 5) is 26.0. The monoisotopic (exact) mass is 304 g/mol. The molecule has 1 aliphatic rings. The molecule has 1 fully saturated rings. The van der Waals surface area contributed by atoms with Crippen molar-refractivity contribution >= 4 is 11.8 Å². The molecule has 5 heteroatoms. The number of carbonyl (C=O) groups is 2.